The SMILES string of the molecule is CC(C)O.CC(C)O.[PbH2]. The van der Waals surface area contributed by atoms with Gasteiger partial charge in [0.25, 0.3) is 0 Å². The first kappa shape index (κ1) is 16.4. The molecule has 0 aliphatic carbocycles. The Morgan fingerprint density at radius 2 is 0.778 bits per heavy atom. The Hall–Kier alpha value is 0.842. The first-order chi connectivity index (χ1) is 3.46. The van der Waals surface area contributed by atoms with Crippen LogP contribution in [0.4, 0.5) is 0 Å². The maximum absolute atomic E-state index is 8.06. The summed E-state index contributed by atoms with van der Waals surface area (Å²) in [4.78, 5) is 0. The zero-order valence-electron chi connectivity index (χ0n) is 6.76. The Morgan fingerprint density at radius 1 is 0.778 bits per heavy atom. The summed E-state index contributed by atoms with van der Waals surface area (Å²) in [6.45, 7) is 6.89. The van der Waals surface area contributed by atoms with E-state index in [9.17, 15) is 0 Å². The van der Waals surface area contributed by atoms with E-state index in [2.05, 4.69) is 0 Å². The van der Waals surface area contributed by atoms with Crippen LogP contribution in [0.25, 0.3) is 0 Å². The molecule has 0 amide bonds. The normalized spacial score (nSPS) is 8.00. The van der Waals surface area contributed by atoms with Gasteiger partial charge in [0.05, 0.1) is 0 Å². The van der Waals surface area contributed by atoms with Gasteiger partial charge >= 0.3 is 27.3 Å². The summed E-state index contributed by atoms with van der Waals surface area (Å²) >= 11 is 0. The van der Waals surface area contributed by atoms with Crippen molar-refractivity contribution in [2.75, 3.05) is 0 Å². The molecule has 0 aliphatic heterocycles. The summed E-state index contributed by atoms with van der Waals surface area (Å²) in [5.41, 5.74) is 0. The fourth-order valence-electron chi connectivity index (χ4n) is 0. The third-order valence-corrected chi connectivity index (χ3v) is 0. The van der Waals surface area contributed by atoms with E-state index < -0.39 is 0 Å². The molecular weight excluding hydrogens is 311 g/mol. The van der Waals surface area contributed by atoms with E-state index in [1.807, 2.05) is 0 Å². The van der Waals surface area contributed by atoms with Crippen LogP contribution >= 0.6 is 0 Å². The summed E-state index contributed by atoms with van der Waals surface area (Å²) in [6, 6.07) is 0. The average molecular weight is 329 g/mol. The number of aliphatic hydroxyl groups excluding tert-OH is 2. The second kappa shape index (κ2) is 11.6. The van der Waals surface area contributed by atoms with E-state index in [0.29, 0.717) is 0 Å². The zero-order valence-corrected chi connectivity index (χ0v) is 12.3. The summed E-state index contributed by atoms with van der Waals surface area (Å²) < 4.78 is 0. The number of rotatable bonds is 0. The van der Waals surface area contributed by atoms with Crippen molar-refractivity contribution in [2.45, 2.75) is 39.9 Å². The van der Waals surface area contributed by atoms with Gasteiger partial charge in [0.1, 0.15) is 0 Å². The van der Waals surface area contributed by atoms with Crippen LogP contribution in [-0.2, 0) is 0 Å². The van der Waals surface area contributed by atoms with Crippen molar-refractivity contribution >= 4 is 27.3 Å². The first-order valence-corrected chi connectivity index (χ1v) is 2.83. The Kier molecular flexibility index (Phi) is 21.2. The fraction of sp³-hybridized carbons (Fsp3) is 1.00. The molecule has 0 saturated carbocycles. The van der Waals surface area contributed by atoms with Gasteiger partial charge in [-0.1, -0.05) is 0 Å². The van der Waals surface area contributed by atoms with Crippen LogP contribution < -0.4 is 0 Å². The molecule has 0 aromatic rings. The molecule has 0 aromatic carbocycles. The summed E-state index contributed by atoms with van der Waals surface area (Å²) in [7, 11) is 0. The molecule has 0 spiro atoms. The van der Waals surface area contributed by atoms with E-state index in [1.54, 1.807) is 27.7 Å². The Morgan fingerprint density at radius 3 is 0.778 bits per heavy atom. The van der Waals surface area contributed by atoms with Gasteiger partial charge in [0.2, 0.25) is 0 Å². The average Bonchev–Trinajstić information content (AvgIpc) is 1.25. The quantitative estimate of drug-likeness (QED) is 0.607. The molecule has 58 valence electrons. The van der Waals surface area contributed by atoms with Crippen molar-refractivity contribution in [3.05, 3.63) is 0 Å². The molecule has 0 saturated heterocycles. The van der Waals surface area contributed by atoms with Gasteiger partial charge < -0.3 is 10.2 Å². The van der Waals surface area contributed by atoms with Crippen molar-refractivity contribution in [1.29, 1.82) is 0 Å². The molecule has 0 aliphatic rings. The monoisotopic (exact) mass is 330 g/mol. The Labute approximate surface area is 77.4 Å². The van der Waals surface area contributed by atoms with E-state index in [4.69, 9.17) is 10.2 Å². The molecular formula is C6H18O2Pb. The zero-order chi connectivity index (χ0) is 7.15. The van der Waals surface area contributed by atoms with Gasteiger partial charge in [-0.3, -0.25) is 0 Å². The summed E-state index contributed by atoms with van der Waals surface area (Å²) in [6.07, 6.45) is -0.333. The molecule has 0 aromatic heterocycles. The Balaban J connectivity index is -0.0000000720. The predicted molar refractivity (Wildman–Crippen MR) is 43.3 cm³/mol. The van der Waals surface area contributed by atoms with Gasteiger partial charge in [-0.05, 0) is 27.7 Å². The second-order valence-electron chi connectivity index (χ2n) is 2.19. The third-order valence-electron chi connectivity index (χ3n) is 0. The van der Waals surface area contributed by atoms with Crippen LogP contribution in [0.1, 0.15) is 27.7 Å². The van der Waals surface area contributed by atoms with Gasteiger partial charge in [-0.2, -0.15) is 0 Å². The Bertz CT molecular complexity index is 26.5. The van der Waals surface area contributed by atoms with Gasteiger partial charge in [0.15, 0.2) is 0 Å². The van der Waals surface area contributed by atoms with Crippen molar-refractivity contribution in [3.8, 4) is 0 Å². The van der Waals surface area contributed by atoms with Gasteiger partial charge in [-0.25, -0.2) is 0 Å². The third kappa shape index (κ3) is 584. The molecule has 2 radical (unpaired) electrons. The van der Waals surface area contributed by atoms with Crippen LogP contribution in [0, 0.1) is 0 Å². The van der Waals surface area contributed by atoms with Gasteiger partial charge in [-0.15, -0.1) is 0 Å². The summed E-state index contributed by atoms with van der Waals surface area (Å²) in [5, 5.41) is 16.1. The van der Waals surface area contributed by atoms with Crippen molar-refractivity contribution < 1.29 is 10.2 Å². The maximum atomic E-state index is 8.06. The van der Waals surface area contributed by atoms with Crippen LogP contribution in [0.2, 0.25) is 0 Å². The first-order valence-electron chi connectivity index (χ1n) is 2.83. The van der Waals surface area contributed by atoms with E-state index >= 15 is 0 Å². The van der Waals surface area contributed by atoms with E-state index in [-0.39, 0.29) is 39.5 Å². The molecule has 0 unspecified atom stereocenters. The standard InChI is InChI=1S/2C3H8O.Pb.2H/c2*1-3(2)4;;;/h2*3-4H,1-2H3;;;. The van der Waals surface area contributed by atoms with Crippen LogP contribution in [0.5, 0.6) is 0 Å². The minimum atomic E-state index is -0.167. The predicted octanol–water partition coefficient (Wildman–Crippen LogP) is -0.142. The molecule has 0 fully saturated rings. The van der Waals surface area contributed by atoms with Crippen LogP contribution in [-0.4, -0.2) is 49.7 Å². The minimum absolute atomic E-state index is 0. The van der Waals surface area contributed by atoms with E-state index in [1.165, 1.54) is 0 Å². The molecule has 9 heavy (non-hydrogen) atoms. The van der Waals surface area contributed by atoms with Crippen molar-refractivity contribution in [2.24, 2.45) is 0 Å². The summed E-state index contributed by atoms with van der Waals surface area (Å²) in [5.74, 6) is 0. The molecule has 0 heterocycles. The van der Waals surface area contributed by atoms with Gasteiger partial charge in [0, 0.05) is 12.2 Å². The van der Waals surface area contributed by atoms with Crippen molar-refractivity contribution in [1.82, 2.24) is 0 Å². The molecule has 0 atom stereocenters. The van der Waals surface area contributed by atoms with Crippen molar-refractivity contribution in [3.63, 3.8) is 0 Å². The molecule has 2 nitrogen and oxygen atoms in total. The molecule has 3 heteroatoms. The second-order valence-corrected chi connectivity index (χ2v) is 2.19. The molecule has 0 rings (SSSR count). The van der Waals surface area contributed by atoms with Crippen LogP contribution in [0.15, 0.2) is 0 Å². The number of hydrogen-bond donors (Lipinski definition) is 2. The van der Waals surface area contributed by atoms with Crippen LogP contribution in [0.3, 0.4) is 0 Å². The number of aliphatic hydroxyl groups is 2. The fourth-order valence-corrected chi connectivity index (χ4v) is 0. The van der Waals surface area contributed by atoms with E-state index in [0.717, 1.165) is 0 Å². The number of hydrogen-bond acceptors (Lipinski definition) is 2. The molecule has 0 bridgehead atoms. The molecule has 2 N–H and O–H groups in total. The topological polar surface area (TPSA) is 40.5 Å².